The second-order valence-electron chi connectivity index (χ2n) is 14.0. The summed E-state index contributed by atoms with van der Waals surface area (Å²) in [5, 5.41) is 2.07. The van der Waals surface area contributed by atoms with E-state index in [1.54, 1.807) is 0 Å². The van der Waals surface area contributed by atoms with E-state index in [0.29, 0.717) is 28.8 Å². The number of hydrogen-bond donors (Lipinski definition) is 0. The zero-order chi connectivity index (χ0) is 37.7. The van der Waals surface area contributed by atoms with Gasteiger partial charge in [-0.15, -0.1) is 0 Å². The van der Waals surface area contributed by atoms with Crippen molar-refractivity contribution in [2.45, 2.75) is 0 Å². The third kappa shape index (κ3) is 5.97. The van der Waals surface area contributed by atoms with Gasteiger partial charge >= 0.3 is 0 Å². The summed E-state index contributed by atoms with van der Waals surface area (Å²) in [5.74, 6) is 3.36. The zero-order valence-electron chi connectivity index (χ0n) is 30.5. The third-order valence-electron chi connectivity index (χ3n) is 10.5. The molecule has 0 atom stereocenters. The minimum Gasteiger partial charge on any atom is -0.456 e. The molecule has 10 aromatic rings. The largest absolute Gasteiger partial charge is 0.456 e. The molecule has 0 spiro atoms. The van der Waals surface area contributed by atoms with Crippen LogP contribution in [-0.4, -0.2) is 15.0 Å². The maximum Gasteiger partial charge on any atom is 0.170 e. The van der Waals surface area contributed by atoms with Crippen molar-refractivity contribution in [2.24, 2.45) is 0 Å². The molecule has 6 heteroatoms. The van der Waals surface area contributed by atoms with Crippen molar-refractivity contribution in [2.75, 3.05) is 0 Å². The van der Waals surface area contributed by atoms with Gasteiger partial charge < -0.3 is 13.9 Å². The van der Waals surface area contributed by atoms with Crippen molar-refractivity contribution >= 4 is 21.9 Å². The van der Waals surface area contributed by atoms with E-state index in [1.165, 1.54) is 0 Å². The van der Waals surface area contributed by atoms with E-state index in [1.807, 2.05) is 109 Å². The Balaban J connectivity index is 1.10. The number of aromatic nitrogens is 3. The topological polar surface area (TPSA) is 70.3 Å². The predicted molar refractivity (Wildman–Crippen MR) is 226 cm³/mol. The molecule has 0 aliphatic carbocycles. The number of hydrogen-bond acceptors (Lipinski definition) is 6. The number of rotatable bonds is 6. The standard InChI is InChI=1S/C51H31N3O3/c1-2-9-35(10-3-1)51-53-42(31-43(54-51)40-12-8-16-48-50(40)41-11-4-5-13-44(41)55-48)39-28-37(33-19-17-32(18-20-33)34-23-25-52-26-24-34)27-38(29-39)36-21-22-47-49(30-36)57-46-15-7-6-14-45(46)56-47/h1-31H. The van der Waals surface area contributed by atoms with Crippen molar-refractivity contribution < 1.29 is 13.9 Å². The van der Waals surface area contributed by atoms with Crippen LogP contribution >= 0.6 is 0 Å². The lowest BCUT2D eigenvalue weighted by atomic mass is 9.93. The highest BCUT2D eigenvalue weighted by Gasteiger charge is 2.21. The van der Waals surface area contributed by atoms with Gasteiger partial charge in [0.1, 0.15) is 11.2 Å². The fourth-order valence-corrected chi connectivity index (χ4v) is 7.65. The van der Waals surface area contributed by atoms with E-state index >= 15 is 0 Å². The van der Waals surface area contributed by atoms with Gasteiger partial charge in [0.05, 0.1) is 11.4 Å². The van der Waals surface area contributed by atoms with E-state index in [9.17, 15) is 0 Å². The zero-order valence-corrected chi connectivity index (χ0v) is 30.5. The van der Waals surface area contributed by atoms with Gasteiger partial charge in [-0.2, -0.15) is 0 Å². The molecule has 0 amide bonds. The molecule has 0 saturated carbocycles. The summed E-state index contributed by atoms with van der Waals surface area (Å²) in [6.07, 6.45) is 3.64. The summed E-state index contributed by atoms with van der Waals surface area (Å²) in [6.45, 7) is 0. The summed E-state index contributed by atoms with van der Waals surface area (Å²) >= 11 is 0. The normalized spacial score (nSPS) is 11.8. The predicted octanol–water partition coefficient (Wildman–Crippen LogP) is 13.7. The van der Waals surface area contributed by atoms with Crippen LogP contribution in [0.3, 0.4) is 0 Å². The summed E-state index contributed by atoms with van der Waals surface area (Å²) in [5.41, 5.74) is 12.5. The van der Waals surface area contributed by atoms with Gasteiger partial charge in [-0.25, -0.2) is 9.97 Å². The highest BCUT2D eigenvalue weighted by molar-refractivity contribution is 6.12. The molecule has 0 unspecified atom stereocenters. The van der Waals surface area contributed by atoms with Crippen LogP contribution in [0.2, 0.25) is 0 Å². The highest BCUT2D eigenvalue weighted by Crippen LogP contribution is 2.47. The monoisotopic (exact) mass is 733 g/mol. The number of pyridine rings is 1. The van der Waals surface area contributed by atoms with Gasteiger partial charge in [0.25, 0.3) is 0 Å². The smallest absolute Gasteiger partial charge is 0.170 e. The molecule has 1 aliphatic heterocycles. The lowest BCUT2D eigenvalue weighted by Gasteiger charge is -2.21. The first kappa shape index (κ1) is 32.6. The van der Waals surface area contributed by atoms with Crippen LogP contribution in [0, 0.1) is 0 Å². The molecule has 0 radical (unpaired) electrons. The molecule has 57 heavy (non-hydrogen) atoms. The summed E-state index contributed by atoms with van der Waals surface area (Å²) < 4.78 is 18.9. The molecular weight excluding hydrogens is 703 g/mol. The van der Waals surface area contributed by atoms with Gasteiger partial charge in [-0.1, -0.05) is 103 Å². The Hall–Kier alpha value is -7.83. The lowest BCUT2D eigenvalue weighted by molar-refractivity contribution is 0.360. The van der Waals surface area contributed by atoms with Gasteiger partial charge in [0, 0.05) is 39.9 Å². The van der Waals surface area contributed by atoms with E-state index in [-0.39, 0.29) is 0 Å². The van der Waals surface area contributed by atoms with E-state index < -0.39 is 0 Å². The van der Waals surface area contributed by atoms with E-state index in [4.69, 9.17) is 23.9 Å². The molecule has 268 valence electrons. The summed E-state index contributed by atoms with van der Waals surface area (Å²) in [6, 6.07) is 59.7. The van der Waals surface area contributed by atoms with Crippen molar-refractivity contribution in [3.63, 3.8) is 0 Å². The molecule has 1 aliphatic rings. The second kappa shape index (κ2) is 13.5. The number of fused-ring (bicyclic) bond motifs is 5. The summed E-state index contributed by atoms with van der Waals surface area (Å²) in [7, 11) is 0. The average molecular weight is 734 g/mol. The second-order valence-corrected chi connectivity index (χ2v) is 14.0. The minimum atomic E-state index is 0.638. The first-order valence-electron chi connectivity index (χ1n) is 18.8. The average Bonchev–Trinajstić information content (AvgIpc) is 3.67. The quantitative estimate of drug-likeness (QED) is 0.169. The molecular formula is C51H31N3O3. The van der Waals surface area contributed by atoms with Crippen molar-refractivity contribution in [3.05, 3.63) is 188 Å². The third-order valence-corrected chi connectivity index (χ3v) is 10.5. The van der Waals surface area contributed by atoms with E-state index in [2.05, 4.69) is 83.8 Å². The molecule has 3 aromatic heterocycles. The van der Waals surface area contributed by atoms with E-state index in [0.717, 1.165) is 83.4 Å². The Morgan fingerprint density at radius 3 is 1.75 bits per heavy atom. The molecule has 0 bridgehead atoms. The number of benzene rings is 7. The molecule has 6 nitrogen and oxygen atoms in total. The van der Waals surface area contributed by atoms with Gasteiger partial charge in [0.2, 0.25) is 0 Å². The highest BCUT2D eigenvalue weighted by atomic mass is 16.6. The molecule has 7 aromatic carbocycles. The Kier molecular flexibility index (Phi) is 7.71. The number of furan rings is 1. The SMILES string of the molecule is c1ccc(-c2nc(-c3cc(-c4ccc(-c5ccncc5)cc4)cc(-c4ccc5c(c4)Oc4ccccc4O5)c3)cc(-c3cccc4oc5ccccc5c34)n2)cc1. The first-order chi connectivity index (χ1) is 28.2. The molecule has 11 rings (SSSR count). The Labute approximate surface area is 328 Å². The van der Waals surface area contributed by atoms with Gasteiger partial charge in [-0.3, -0.25) is 4.98 Å². The minimum absolute atomic E-state index is 0.638. The number of para-hydroxylation sites is 3. The van der Waals surface area contributed by atoms with Crippen LogP contribution in [0.1, 0.15) is 0 Å². The van der Waals surface area contributed by atoms with Crippen LogP contribution in [0.15, 0.2) is 193 Å². The lowest BCUT2D eigenvalue weighted by Crippen LogP contribution is -1.99. The number of ether oxygens (including phenoxy) is 2. The fourth-order valence-electron chi connectivity index (χ4n) is 7.65. The number of nitrogens with zero attached hydrogens (tertiary/aromatic N) is 3. The van der Waals surface area contributed by atoms with Crippen LogP contribution in [0.5, 0.6) is 23.0 Å². The van der Waals surface area contributed by atoms with Crippen molar-refractivity contribution in [1.29, 1.82) is 0 Å². The van der Waals surface area contributed by atoms with Crippen LogP contribution < -0.4 is 9.47 Å². The maximum absolute atomic E-state index is 6.36. The maximum atomic E-state index is 6.36. The van der Waals surface area contributed by atoms with Crippen molar-refractivity contribution in [3.8, 4) is 90.3 Å². The Morgan fingerprint density at radius 1 is 0.351 bits per heavy atom. The van der Waals surface area contributed by atoms with Crippen molar-refractivity contribution in [1.82, 2.24) is 15.0 Å². The van der Waals surface area contributed by atoms with Gasteiger partial charge in [-0.05, 0) is 106 Å². The first-order valence-corrected chi connectivity index (χ1v) is 18.8. The molecule has 0 fully saturated rings. The Bertz CT molecular complexity index is 3120. The Morgan fingerprint density at radius 2 is 0.947 bits per heavy atom. The summed E-state index contributed by atoms with van der Waals surface area (Å²) in [4.78, 5) is 14.7. The van der Waals surface area contributed by atoms with Crippen LogP contribution in [-0.2, 0) is 0 Å². The molecule has 4 heterocycles. The fraction of sp³-hybridized carbons (Fsp3) is 0. The van der Waals surface area contributed by atoms with Crippen LogP contribution in [0.4, 0.5) is 0 Å². The molecule has 0 saturated heterocycles. The van der Waals surface area contributed by atoms with Gasteiger partial charge in [0.15, 0.2) is 28.8 Å². The van der Waals surface area contributed by atoms with Crippen LogP contribution in [0.25, 0.3) is 89.2 Å². The molecule has 0 N–H and O–H groups in total.